The molecule has 2 heteroatoms. The summed E-state index contributed by atoms with van der Waals surface area (Å²) in [6.07, 6.45) is 1.74. The van der Waals surface area contributed by atoms with Crippen LogP contribution in [0.2, 0.25) is 0 Å². The summed E-state index contributed by atoms with van der Waals surface area (Å²) in [6, 6.07) is 18.4. The smallest absolute Gasteiger partial charge is 0.0488 e. The van der Waals surface area contributed by atoms with E-state index >= 15 is 0 Å². The minimum atomic E-state index is -0.801. The van der Waals surface area contributed by atoms with Gasteiger partial charge in [0.15, 0.2) is 0 Å². The van der Waals surface area contributed by atoms with Gasteiger partial charge < -0.3 is 0 Å². The van der Waals surface area contributed by atoms with Crippen LogP contribution in [-0.4, -0.2) is 10.5 Å². The lowest BCUT2D eigenvalue weighted by molar-refractivity contribution is 0.686. The summed E-state index contributed by atoms with van der Waals surface area (Å²) in [5, 5.41) is 0. The molecule has 0 saturated carbocycles. The number of hydrogen-bond acceptors (Lipinski definition) is 1. The van der Waals surface area contributed by atoms with Crippen molar-refractivity contribution >= 4 is 10.8 Å². The molecule has 0 unspecified atom stereocenters. The van der Waals surface area contributed by atoms with Gasteiger partial charge in [-0.2, -0.15) is 0 Å². The van der Waals surface area contributed by atoms with Crippen molar-refractivity contribution in [3.05, 3.63) is 60.2 Å². The molecular weight excluding hydrogens is 216 g/mol. The summed E-state index contributed by atoms with van der Waals surface area (Å²) < 4.78 is 11.3. The van der Waals surface area contributed by atoms with E-state index in [1.807, 2.05) is 36.4 Å². The maximum absolute atomic E-state index is 11.3. The van der Waals surface area contributed by atoms with Gasteiger partial charge in [-0.05, 0) is 16.7 Å². The quantitative estimate of drug-likeness (QED) is 0.791. The minimum Gasteiger partial charge on any atom is -0.260 e. The van der Waals surface area contributed by atoms with Crippen LogP contribution < -0.4 is 0 Å². The van der Waals surface area contributed by atoms with Gasteiger partial charge in [-0.15, -0.1) is 0 Å². The third-order valence-electron chi connectivity index (χ3n) is 2.46. The van der Waals surface area contributed by atoms with Crippen molar-refractivity contribution < 1.29 is 4.21 Å². The first-order chi connectivity index (χ1) is 7.77. The third kappa shape index (κ3) is 2.58. The first-order valence-electron chi connectivity index (χ1n) is 5.21. The molecule has 0 saturated heterocycles. The largest absolute Gasteiger partial charge is 0.260 e. The van der Waals surface area contributed by atoms with Crippen LogP contribution in [0.5, 0.6) is 0 Å². The zero-order valence-electron chi connectivity index (χ0n) is 9.22. The Morgan fingerprint density at radius 1 is 0.938 bits per heavy atom. The van der Waals surface area contributed by atoms with Gasteiger partial charge in [-0.3, -0.25) is 4.21 Å². The van der Waals surface area contributed by atoms with Crippen molar-refractivity contribution in [3.63, 3.8) is 0 Å². The fraction of sp³-hybridized carbons (Fsp3) is 0.143. The van der Waals surface area contributed by atoms with Crippen molar-refractivity contribution in [2.45, 2.75) is 5.75 Å². The van der Waals surface area contributed by atoms with E-state index in [1.165, 1.54) is 11.1 Å². The Labute approximate surface area is 98.6 Å². The van der Waals surface area contributed by atoms with Gasteiger partial charge in [0.1, 0.15) is 0 Å². The molecule has 0 bridgehead atoms. The monoisotopic (exact) mass is 230 g/mol. The Kier molecular flexibility index (Phi) is 3.52. The molecule has 0 fully saturated rings. The molecule has 1 nitrogen and oxygen atoms in total. The van der Waals surface area contributed by atoms with E-state index in [0.717, 1.165) is 5.56 Å². The molecule has 2 aromatic carbocycles. The van der Waals surface area contributed by atoms with Gasteiger partial charge >= 0.3 is 0 Å². The predicted octanol–water partition coefficient (Wildman–Crippen LogP) is 3.23. The van der Waals surface area contributed by atoms with Crippen molar-refractivity contribution in [1.82, 2.24) is 0 Å². The molecule has 0 aliphatic rings. The third-order valence-corrected chi connectivity index (χ3v) is 3.18. The molecule has 0 N–H and O–H groups in total. The van der Waals surface area contributed by atoms with E-state index in [2.05, 4.69) is 18.2 Å². The van der Waals surface area contributed by atoms with Gasteiger partial charge in [0, 0.05) is 22.8 Å². The van der Waals surface area contributed by atoms with E-state index in [1.54, 1.807) is 6.26 Å². The molecule has 1 atom stereocenters. The Hall–Kier alpha value is -1.41. The van der Waals surface area contributed by atoms with Crippen LogP contribution in [0.1, 0.15) is 5.56 Å². The SMILES string of the molecule is C[S@](=O)Cc1ccccc1-c1ccccc1. The van der Waals surface area contributed by atoms with Crippen LogP contribution in [0, 0.1) is 0 Å². The van der Waals surface area contributed by atoms with Gasteiger partial charge in [0.2, 0.25) is 0 Å². The number of rotatable bonds is 3. The van der Waals surface area contributed by atoms with Crippen LogP contribution in [0.4, 0.5) is 0 Å². The fourth-order valence-electron chi connectivity index (χ4n) is 1.76. The zero-order valence-corrected chi connectivity index (χ0v) is 10.0. The highest BCUT2D eigenvalue weighted by Crippen LogP contribution is 2.24. The standard InChI is InChI=1S/C14H14OS/c1-16(15)11-13-9-5-6-10-14(13)12-7-3-2-4-8-12/h2-10H,11H2,1H3/t16-/m0/s1. The lowest BCUT2D eigenvalue weighted by atomic mass is 10.0. The molecule has 2 rings (SSSR count). The summed E-state index contributed by atoms with van der Waals surface area (Å²) in [4.78, 5) is 0. The van der Waals surface area contributed by atoms with E-state index in [-0.39, 0.29) is 0 Å². The Bertz CT molecular complexity index is 491. The molecule has 0 aliphatic carbocycles. The Morgan fingerprint density at radius 2 is 1.56 bits per heavy atom. The summed E-state index contributed by atoms with van der Waals surface area (Å²) in [7, 11) is -0.801. The number of benzene rings is 2. The topological polar surface area (TPSA) is 17.1 Å². The maximum atomic E-state index is 11.3. The zero-order chi connectivity index (χ0) is 11.4. The summed E-state index contributed by atoms with van der Waals surface area (Å²) >= 11 is 0. The minimum absolute atomic E-state index is 0.616. The van der Waals surface area contributed by atoms with Crippen LogP contribution in [0.3, 0.4) is 0 Å². The highest BCUT2D eigenvalue weighted by atomic mass is 32.2. The Morgan fingerprint density at radius 3 is 2.25 bits per heavy atom. The molecule has 2 aromatic rings. The van der Waals surface area contributed by atoms with Crippen LogP contribution in [0.15, 0.2) is 54.6 Å². The van der Waals surface area contributed by atoms with Gasteiger partial charge in [-0.25, -0.2) is 0 Å². The maximum Gasteiger partial charge on any atom is 0.0488 e. The molecule has 82 valence electrons. The van der Waals surface area contributed by atoms with Crippen molar-refractivity contribution in [2.75, 3.05) is 6.26 Å². The van der Waals surface area contributed by atoms with Crippen molar-refractivity contribution in [3.8, 4) is 11.1 Å². The molecule has 0 aliphatic heterocycles. The van der Waals surface area contributed by atoms with E-state index < -0.39 is 10.8 Å². The lowest BCUT2D eigenvalue weighted by Gasteiger charge is -2.08. The van der Waals surface area contributed by atoms with Gasteiger partial charge in [-0.1, -0.05) is 54.6 Å². The summed E-state index contributed by atoms with van der Waals surface area (Å²) in [6.45, 7) is 0. The van der Waals surface area contributed by atoms with E-state index in [4.69, 9.17) is 0 Å². The van der Waals surface area contributed by atoms with Crippen molar-refractivity contribution in [2.24, 2.45) is 0 Å². The summed E-state index contributed by atoms with van der Waals surface area (Å²) in [5.41, 5.74) is 3.51. The van der Waals surface area contributed by atoms with Gasteiger partial charge in [0.25, 0.3) is 0 Å². The second-order valence-electron chi connectivity index (χ2n) is 3.74. The molecule has 0 spiro atoms. The predicted molar refractivity (Wildman–Crippen MR) is 69.6 cm³/mol. The molecule has 0 heterocycles. The fourth-order valence-corrected chi connectivity index (χ4v) is 2.45. The first-order valence-corrected chi connectivity index (χ1v) is 6.93. The molecule has 0 radical (unpaired) electrons. The van der Waals surface area contributed by atoms with Crippen LogP contribution >= 0.6 is 0 Å². The lowest BCUT2D eigenvalue weighted by Crippen LogP contribution is -1.94. The highest BCUT2D eigenvalue weighted by Gasteiger charge is 2.04. The molecule has 0 amide bonds. The highest BCUT2D eigenvalue weighted by molar-refractivity contribution is 7.83. The first kappa shape index (κ1) is 11.1. The molecule has 0 aromatic heterocycles. The average molecular weight is 230 g/mol. The van der Waals surface area contributed by atoms with Crippen LogP contribution in [-0.2, 0) is 16.6 Å². The second-order valence-corrected chi connectivity index (χ2v) is 5.18. The van der Waals surface area contributed by atoms with E-state index in [9.17, 15) is 4.21 Å². The molecular formula is C14H14OS. The van der Waals surface area contributed by atoms with Gasteiger partial charge in [0.05, 0.1) is 0 Å². The molecule has 16 heavy (non-hydrogen) atoms. The Balaban J connectivity index is 2.44. The summed E-state index contributed by atoms with van der Waals surface area (Å²) in [5.74, 6) is 0.616. The number of hydrogen-bond donors (Lipinski definition) is 0. The second kappa shape index (κ2) is 5.08. The van der Waals surface area contributed by atoms with E-state index in [0.29, 0.717) is 5.75 Å². The average Bonchev–Trinajstić information content (AvgIpc) is 2.30. The van der Waals surface area contributed by atoms with Crippen molar-refractivity contribution in [1.29, 1.82) is 0 Å². The van der Waals surface area contributed by atoms with Crippen LogP contribution in [0.25, 0.3) is 11.1 Å². The normalized spacial score (nSPS) is 12.3.